The first kappa shape index (κ1) is 17.0. The molecule has 8 heteroatoms. The van der Waals surface area contributed by atoms with E-state index in [2.05, 4.69) is 10.3 Å². The molecule has 0 unspecified atom stereocenters. The van der Waals surface area contributed by atoms with E-state index >= 15 is 0 Å². The van der Waals surface area contributed by atoms with Crippen molar-refractivity contribution < 1.29 is 19.0 Å². The van der Waals surface area contributed by atoms with Crippen molar-refractivity contribution in [2.24, 2.45) is 0 Å². The summed E-state index contributed by atoms with van der Waals surface area (Å²) in [5.74, 6) is 2.88. The average molecular weight is 388 g/mol. The van der Waals surface area contributed by atoms with Crippen molar-refractivity contribution in [3.8, 4) is 17.2 Å². The van der Waals surface area contributed by atoms with E-state index < -0.39 is 0 Å². The average Bonchev–Trinajstić information content (AvgIpc) is 3.25. The van der Waals surface area contributed by atoms with Gasteiger partial charge in [-0.05, 0) is 24.3 Å². The Labute approximate surface area is 158 Å². The molecular weight excluding hydrogens is 372 g/mol. The second-order valence-corrected chi connectivity index (χ2v) is 7.71. The van der Waals surface area contributed by atoms with Crippen LogP contribution >= 0.6 is 23.1 Å². The molecule has 2 heterocycles. The molecule has 1 aliphatic heterocycles. The van der Waals surface area contributed by atoms with Gasteiger partial charge in [0.1, 0.15) is 5.75 Å². The van der Waals surface area contributed by atoms with Crippen LogP contribution in [0.4, 0.5) is 5.13 Å². The van der Waals surface area contributed by atoms with Crippen LogP contribution in [0.15, 0.2) is 41.3 Å². The summed E-state index contributed by atoms with van der Waals surface area (Å²) < 4.78 is 16.8. The molecule has 0 radical (unpaired) electrons. The van der Waals surface area contributed by atoms with Crippen LogP contribution in [0.3, 0.4) is 0 Å². The maximum absolute atomic E-state index is 12.2. The Morgan fingerprint density at radius 3 is 2.81 bits per heavy atom. The highest BCUT2D eigenvalue weighted by atomic mass is 32.2. The maximum atomic E-state index is 12.2. The van der Waals surface area contributed by atoms with Gasteiger partial charge >= 0.3 is 0 Å². The lowest BCUT2D eigenvalue weighted by Crippen LogP contribution is -2.11. The zero-order valence-electron chi connectivity index (χ0n) is 14.0. The highest BCUT2D eigenvalue weighted by molar-refractivity contribution is 7.99. The molecule has 0 aliphatic carbocycles. The molecule has 1 N–H and O–H groups in total. The number of nitrogens with one attached hydrogen (secondary N) is 1. The summed E-state index contributed by atoms with van der Waals surface area (Å²) in [6.07, 6.45) is 0.412. The van der Waals surface area contributed by atoms with Gasteiger partial charge in [0.2, 0.25) is 12.7 Å². The first-order valence-corrected chi connectivity index (χ1v) is 9.78. The molecule has 3 aromatic rings. The van der Waals surface area contributed by atoms with E-state index in [1.807, 2.05) is 36.4 Å². The number of anilines is 1. The minimum Gasteiger partial charge on any atom is -0.497 e. The summed E-state index contributed by atoms with van der Waals surface area (Å²) in [6.45, 7) is 0.238. The Morgan fingerprint density at radius 2 is 2.04 bits per heavy atom. The van der Waals surface area contributed by atoms with Crippen molar-refractivity contribution in [2.75, 3.05) is 25.0 Å². The zero-order chi connectivity index (χ0) is 17.9. The minimum atomic E-state index is -0.0508. The third-order valence-corrected chi connectivity index (χ3v) is 5.73. The molecule has 6 nitrogen and oxygen atoms in total. The minimum absolute atomic E-state index is 0.0508. The van der Waals surface area contributed by atoms with E-state index in [4.69, 9.17) is 14.2 Å². The molecule has 1 amide bonds. The standard InChI is InChI=1S/C18H16N2O4S2/c1-22-11-2-4-12(5-3-11)25-7-6-17(21)20-18-19-13-8-14-15(24-10-23-14)9-16(13)26-18/h2-5,8-9H,6-7,10H2,1H3,(H,19,20,21). The van der Waals surface area contributed by atoms with Crippen molar-refractivity contribution in [3.05, 3.63) is 36.4 Å². The number of methoxy groups -OCH3 is 1. The number of carbonyl (C=O) groups excluding carboxylic acids is 1. The van der Waals surface area contributed by atoms with E-state index in [0.29, 0.717) is 23.1 Å². The van der Waals surface area contributed by atoms with Gasteiger partial charge in [-0.3, -0.25) is 4.79 Å². The lowest BCUT2D eigenvalue weighted by molar-refractivity contribution is -0.115. The molecule has 134 valence electrons. The van der Waals surface area contributed by atoms with Gasteiger partial charge in [-0.1, -0.05) is 11.3 Å². The third-order valence-electron chi connectivity index (χ3n) is 3.79. The largest absolute Gasteiger partial charge is 0.497 e. The number of nitrogens with zero attached hydrogens (tertiary/aromatic N) is 1. The summed E-state index contributed by atoms with van der Waals surface area (Å²) in [7, 11) is 1.64. The molecule has 1 aromatic heterocycles. The van der Waals surface area contributed by atoms with Crippen molar-refractivity contribution in [2.45, 2.75) is 11.3 Å². The van der Waals surface area contributed by atoms with Gasteiger partial charge in [-0.15, -0.1) is 11.8 Å². The van der Waals surface area contributed by atoms with Crippen LogP contribution < -0.4 is 19.5 Å². The van der Waals surface area contributed by atoms with Crippen LogP contribution in [0.5, 0.6) is 17.2 Å². The maximum Gasteiger partial charge on any atom is 0.231 e. The van der Waals surface area contributed by atoms with Gasteiger partial charge in [0, 0.05) is 29.2 Å². The van der Waals surface area contributed by atoms with E-state index in [-0.39, 0.29) is 12.7 Å². The number of amides is 1. The van der Waals surface area contributed by atoms with Crippen LogP contribution in [0.1, 0.15) is 6.42 Å². The van der Waals surface area contributed by atoms with Crippen molar-refractivity contribution in [1.82, 2.24) is 4.98 Å². The van der Waals surface area contributed by atoms with Gasteiger partial charge in [-0.25, -0.2) is 4.98 Å². The highest BCUT2D eigenvalue weighted by Crippen LogP contribution is 2.39. The topological polar surface area (TPSA) is 69.7 Å². The normalized spacial score (nSPS) is 12.3. The lowest BCUT2D eigenvalue weighted by atomic mass is 10.3. The summed E-state index contributed by atoms with van der Waals surface area (Å²) in [6, 6.07) is 11.5. The van der Waals surface area contributed by atoms with Gasteiger partial charge < -0.3 is 19.5 Å². The number of hydrogen-bond acceptors (Lipinski definition) is 7. The Hall–Kier alpha value is -2.45. The third kappa shape index (κ3) is 3.71. The summed E-state index contributed by atoms with van der Waals surface area (Å²) in [5, 5.41) is 3.45. The Bertz CT molecular complexity index is 899. The summed E-state index contributed by atoms with van der Waals surface area (Å²) >= 11 is 3.06. The Balaban J connectivity index is 1.32. The van der Waals surface area contributed by atoms with E-state index in [9.17, 15) is 4.79 Å². The van der Waals surface area contributed by atoms with Crippen LogP contribution in [0.25, 0.3) is 10.2 Å². The smallest absolute Gasteiger partial charge is 0.231 e. The number of thioether (sulfide) groups is 1. The van der Waals surface area contributed by atoms with Gasteiger partial charge in [-0.2, -0.15) is 0 Å². The fourth-order valence-corrected chi connectivity index (χ4v) is 4.23. The predicted octanol–water partition coefficient (Wildman–Crippen LogP) is 4.15. The molecule has 0 saturated carbocycles. The van der Waals surface area contributed by atoms with Crippen molar-refractivity contribution >= 4 is 44.4 Å². The monoisotopic (exact) mass is 388 g/mol. The number of hydrogen-bond donors (Lipinski definition) is 1. The van der Waals surface area contributed by atoms with Crippen LogP contribution in [0, 0.1) is 0 Å². The molecule has 0 atom stereocenters. The Morgan fingerprint density at radius 1 is 1.27 bits per heavy atom. The highest BCUT2D eigenvalue weighted by Gasteiger charge is 2.17. The number of aromatic nitrogens is 1. The molecule has 2 aromatic carbocycles. The van der Waals surface area contributed by atoms with E-state index in [0.717, 1.165) is 26.6 Å². The molecule has 1 aliphatic rings. The molecular formula is C18H16N2O4S2. The number of thiazole rings is 1. The quantitative estimate of drug-likeness (QED) is 0.640. The lowest BCUT2D eigenvalue weighted by Gasteiger charge is -2.03. The van der Waals surface area contributed by atoms with Crippen LogP contribution in [-0.2, 0) is 4.79 Å². The molecule has 0 bridgehead atoms. The number of carbonyl (C=O) groups is 1. The van der Waals surface area contributed by atoms with E-state index in [1.165, 1.54) is 11.3 Å². The van der Waals surface area contributed by atoms with Crippen LogP contribution in [-0.4, -0.2) is 30.5 Å². The first-order chi connectivity index (χ1) is 12.7. The number of benzene rings is 2. The second kappa shape index (κ2) is 7.43. The molecule has 4 rings (SSSR count). The Kier molecular flexibility index (Phi) is 4.85. The molecule has 0 saturated heterocycles. The molecule has 0 fully saturated rings. The van der Waals surface area contributed by atoms with Gasteiger partial charge in [0.05, 0.1) is 17.3 Å². The van der Waals surface area contributed by atoms with E-state index in [1.54, 1.807) is 18.9 Å². The molecule has 26 heavy (non-hydrogen) atoms. The van der Waals surface area contributed by atoms with Crippen LogP contribution in [0.2, 0.25) is 0 Å². The van der Waals surface area contributed by atoms with Gasteiger partial charge in [0.25, 0.3) is 0 Å². The first-order valence-electron chi connectivity index (χ1n) is 7.98. The number of fused-ring (bicyclic) bond motifs is 2. The molecule has 0 spiro atoms. The number of rotatable bonds is 6. The van der Waals surface area contributed by atoms with Crippen molar-refractivity contribution in [3.63, 3.8) is 0 Å². The summed E-state index contributed by atoms with van der Waals surface area (Å²) in [4.78, 5) is 17.7. The second-order valence-electron chi connectivity index (χ2n) is 5.51. The van der Waals surface area contributed by atoms with Crippen molar-refractivity contribution in [1.29, 1.82) is 0 Å². The number of ether oxygens (including phenoxy) is 3. The SMILES string of the molecule is COc1ccc(SCCC(=O)Nc2nc3cc4c(cc3s2)OCO4)cc1. The van der Waals surface area contributed by atoms with Gasteiger partial charge in [0.15, 0.2) is 16.6 Å². The fourth-order valence-electron chi connectivity index (χ4n) is 2.49. The summed E-state index contributed by atoms with van der Waals surface area (Å²) in [5.41, 5.74) is 0.794. The zero-order valence-corrected chi connectivity index (χ0v) is 15.6. The predicted molar refractivity (Wildman–Crippen MR) is 103 cm³/mol. The fraction of sp³-hybridized carbons (Fsp3) is 0.222.